The van der Waals surface area contributed by atoms with Gasteiger partial charge in [0.2, 0.25) is 5.91 Å². The fourth-order valence-corrected chi connectivity index (χ4v) is 2.68. The second-order valence-electron chi connectivity index (χ2n) is 5.22. The first-order chi connectivity index (χ1) is 10.1. The zero-order valence-corrected chi connectivity index (χ0v) is 11.7. The van der Waals surface area contributed by atoms with E-state index in [9.17, 15) is 9.59 Å². The first-order valence-corrected chi connectivity index (χ1v) is 6.89. The Morgan fingerprint density at radius 1 is 1.05 bits per heavy atom. The van der Waals surface area contributed by atoms with Crippen LogP contribution in [0.3, 0.4) is 0 Å². The van der Waals surface area contributed by atoms with E-state index in [2.05, 4.69) is 0 Å². The van der Waals surface area contributed by atoms with Crippen molar-refractivity contribution in [1.29, 1.82) is 0 Å². The first-order valence-electron chi connectivity index (χ1n) is 6.89. The monoisotopic (exact) mass is 280 g/mol. The van der Waals surface area contributed by atoms with E-state index in [1.807, 2.05) is 43.3 Å². The third-order valence-corrected chi connectivity index (χ3v) is 3.71. The average molecular weight is 280 g/mol. The number of fused-ring (bicyclic) bond motifs is 1. The van der Waals surface area contributed by atoms with Crippen molar-refractivity contribution in [2.75, 3.05) is 4.90 Å². The highest BCUT2D eigenvalue weighted by Crippen LogP contribution is 2.30. The van der Waals surface area contributed by atoms with Gasteiger partial charge in [-0.15, -0.1) is 0 Å². The van der Waals surface area contributed by atoms with Crippen LogP contribution in [0.4, 0.5) is 5.69 Å². The van der Waals surface area contributed by atoms with E-state index >= 15 is 0 Å². The van der Waals surface area contributed by atoms with Crippen molar-refractivity contribution < 1.29 is 9.59 Å². The number of amides is 2. The van der Waals surface area contributed by atoms with Crippen LogP contribution in [0.2, 0.25) is 0 Å². The van der Waals surface area contributed by atoms with Crippen molar-refractivity contribution in [1.82, 2.24) is 0 Å². The number of para-hydroxylation sites is 1. The molecule has 1 aliphatic rings. The number of imide groups is 1. The van der Waals surface area contributed by atoms with Gasteiger partial charge in [0.1, 0.15) is 0 Å². The van der Waals surface area contributed by atoms with Gasteiger partial charge >= 0.3 is 0 Å². The van der Waals surface area contributed by atoms with Gasteiger partial charge in [-0.05, 0) is 30.2 Å². The summed E-state index contributed by atoms with van der Waals surface area (Å²) in [5, 5.41) is 0. The van der Waals surface area contributed by atoms with E-state index < -0.39 is 0 Å². The summed E-state index contributed by atoms with van der Waals surface area (Å²) in [4.78, 5) is 26.3. The first kappa shape index (κ1) is 13.5. The Balaban J connectivity index is 2.12. The summed E-state index contributed by atoms with van der Waals surface area (Å²) >= 11 is 0. The number of benzene rings is 2. The predicted molar refractivity (Wildman–Crippen MR) is 81.0 cm³/mol. The molecule has 0 spiro atoms. The number of anilines is 1. The van der Waals surface area contributed by atoms with Crippen LogP contribution in [0.15, 0.2) is 48.5 Å². The molecule has 2 N–H and O–H groups in total. The molecule has 4 heteroatoms. The minimum absolute atomic E-state index is 0.216. The van der Waals surface area contributed by atoms with Gasteiger partial charge in [0.15, 0.2) is 0 Å². The number of hydrogen-bond donors (Lipinski definition) is 1. The molecule has 106 valence electrons. The summed E-state index contributed by atoms with van der Waals surface area (Å²) < 4.78 is 0. The lowest BCUT2D eigenvalue weighted by Gasteiger charge is -2.29. The Morgan fingerprint density at radius 3 is 2.48 bits per heavy atom. The van der Waals surface area contributed by atoms with Gasteiger partial charge in [0.05, 0.1) is 12.1 Å². The maximum atomic E-state index is 12.7. The molecule has 2 aromatic rings. The van der Waals surface area contributed by atoms with Crippen molar-refractivity contribution >= 4 is 17.5 Å². The minimum atomic E-state index is -0.282. The molecule has 1 atom stereocenters. The molecular formula is C17H16N2O2. The SMILES string of the molecule is CC(N)c1ccccc1N1C(=O)Cc2ccccc2C1=O. The number of carbonyl (C=O) groups is 2. The molecule has 0 aliphatic carbocycles. The minimum Gasteiger partial charge on any atom is -0.324 e. The molecule has 1 heterocycles. The number of nitrogens with two attached hydrogens (primary N) is 1. The van der Waals surface area contributed by atoms with Crippen LogP contribution in [0.1, 0.15) is 34.5 Å². The highest BCUT2D eigenvalue weighted by molar-refractivity contribution is 6.25. The Bertz CT molecular complexity index is 722. The maximum absolute atomic E-state index is 12.7. The standard InChI is InChI=1S/C17H16N2O2/c1-11(18)13-7-4-5-9-15(13)19-16(20)10-12-6-2-3-8-14(12)17(19)21/h2-9,11H,10,18H2,1H3. The molecule has 0 fully saturated rings. The smallest absolute Gasteiger partial charge is 0.265 e. The van der Waals surface area contributed by atoms with E-state index in [1.165, 1.54) is 4.90 Å². The summed E-state index contributed by atoms with van der Waals surface area (Å²) in [6.45, 7) is 1.84. The highest BCUT2D eigenvalue weighted by Gasteiger charge is 2.33. The zero-order chi connectivity index (χ0) is 15.0. The fourth-order valence-electron chi connectivity index (χ4n) is 2.68. The van der Waals surface area contributed by atoms with Gasteiger partial charge in [-0.2, -0.15) is 0 Å². The van der Waals surface area contributed by atoms with Gasteiger partial charge in [-0.25, -0.2) is 4.90 Å². The summed E-state index contributed by atoms with van der Waals surface area (Å²) in [5.74, 6) is -0.498. The molecule has 1 unspecified atom stereocenters. The van der Waals surface area contributed by atoms with Crippen LogP contribution >= 0.6 is 0 Å². The number of rotatable bonds is 2. The lowest BCUT2D eigenvalue weighted by atomic mass is 9.96. The van der Waals surface area contributed by atoms with E-state index in [1.54, 1.807) is 12.1 Å². The summed E-state index contributed by atoms with van der Waals surface area (Å²) in [6, 6.07) is 14.2. The molecule has 1 aliphatic heterocycles. The second-order valence-corrected chi connectivity index (χ2v) is 5.22. The predicted octanol–water partition coefficient (Wildman–Crippen LogP) is 2.44. The number of nitrogens with zero attached hydrogens (tertiary/aromatic N) is 1. The lowest BCUT2D eigenvalue weighted by molar-refractivity contribution is -0.117. The van der Waals surface area contributed by atoms with E-state index in [4.69, 9.17) is 5.73 Å². The van der Waals surface area contributed by atoms with Crippen LogP contribution in [0, 0.1) is 0 Å². The molecule has 0 aromatic heterocycles. The molecule has 21 heavy (non-hydrogen) atoms. The topological polar surface area (TPSA) is 63.4 Å². The molecule has 0 saturated heterocycles. The second kappa shape index (κ2) is 5.14. The molecule has 0 saturated carbocycles. The summed E-state index contributed by atoms with van der Waals surface area (Å²) in [5.41, 5.74) is 8.69. The van der Waals surface area contributed by atoms with Crippen molar-refractivity contribution in [2.24, 2.45) is 5.73 Å². The summed E-state index contributed by atoms with van der Waals surface area (Å²) in [6.07, 6.45) is 0.231. The van der Waals surface area contributed by atoms with Crippen LogP contribution < -0.4 is 10.6 Å². The Kier molecular flexibility index (Phi) is 3.31. The molecule has 3 rings (SSSR count). The maximum Gasteiger partial charge on any atom is 0.265 e. The molecule has 0 radical (unpaired) electrons. The van der Waals surface area contributed by atoms with Crippen molar-refractivity contribution in [3.8, 4) is 0 Å². The van der Waals surface area contributed by atoms with Gasteiger partial charge in [0.25, 0.3) is 5.91 Å². The van der Waals surface area contributed by atoms with Crippen LogP contribution in [-0.2, 0) is 11.2 Å². The van der Waals surface area contributed by atoms with Crippen molar-refractivity contribution in [2.45, 2.75) is 19.4 Å². The van der Waals surface area contributed by atoms with Crippen LogP contribution in [-0.4, -0.2) is 11.8 Å². The van der Waals surface area contributed by atoms with E-state index in [-0.39, 0.29) is 24.3 Å². The molecule has 0 bridgehead atoms. The lowest BCUT2D eigenvalue weighted by Crippen LogP contribution is -2.43. The fraction of sp³-hybridized carbons (Fsp3) is 0.176. The molecule has 4 nitrogen and oxygen atoms in total. The molecular weight excluding hydrogens is 264 g/mol. The largest absolute Gasteiger partial charge is 0.324 e. The highest BCUT2D eigenvalue weighted by atomic mass is 16.2. The Morgan fingerprint density at radius 2 is 1.71 bits per heavy atom. The zero-order valence-electron chi connectivity index (χ0n) is 11.7. The third-order valence-electron chi connectivity index (χ3n) is 3.71. The van der Waals surface area contributed by atoms with Gasteiger partial charge in [-0.3, -0.25) is 9.59 Å². The number of hydrogen-bond acceptors (Lipinski definition) is 3. The van der Waals surface area contributed by atoms with Crippen molar-refractivity contribution in [3.63, 3.8) is 0 Å². The van der Waals surface area contributed by atoms with Gasteiger partial charge in [0, 0.05) is 11.6 Å². The normalized spacial score (nSPS) is 15.8. The van der Waals surface area contributed by atoms with Gasteiger partial charge in [-0.1, -0.05) is 36.4 Å². The Hall–Kier alpha value is -2.46. The third kappa shape index (κ3) is 2.23. The Labute approximate surface area is 123 Å². The molecule has 2 amide bonds. The van der Waals surface area contributed by atoms with Crippen molar-refractivity contribution in [3.05, 3.63) is 65.2 Å². The quantitative estimate of drug-likeness (QED) is 0.859. The van der Waals surface area contributed by atoms with Crippen LogP contribution in [0.25, 0.3) is 0 Å². The summed E-state index contributed by atoms with van der Waals surface area (Å²) in [7, 11) is 0. The van der Waals surface area contributed by atoms with E-state index in [0.29, 0.717) is 11.3 Å². The van der Waals surface area contributed by atoms with E-state index in [0.717, 1.165) is 11.1 Å². The van der Waals surface area contributed by atoms with Gasteiger partial charge < -0.3 is 5.73 Å². The number of carbonyl (C=O) groups excluding carboxylic acids is 2. The molecule has 2 aromatic carbocycles. The average Bonchev–Trinajstić information content (AvgIpc) is 2.47. The van der Waals surface area contributed by atoms with Crippen LogP contribution in [0.5, 0.6) is 0 Å².